The van der Waals surface area contributed by atoms with Gasteiger partial charge in [-0.15, -0.1) is 0 Å². The summed E-state index contributed by atoms with van der Waals surface area (Å²) in [7, 11) is 0. The van der Waals surface area contributed by atoms with Crippen molar-refractivity contribution in [2.75, 3.05) is 0 Å². The van der Waals surface area contributed by atoms with E-state index >= 15 is 0 Å². The molecule has 0 atom stereocenters. The summed E-state index contributed by atoms with van der Waals surface area (Å²) in [5.74, 6) is -0.683. The van der Waals surface area contributed by atoms with Gasteiger partial charge in [-0.25, -0.2) is 4.79 Å². The molecule has 3 heteroatoms. The highest BCUT2D eigenvalue weighted by Crippen LogP contribution is 2.41. The lowest BCUT2D eigenvalue weighted by atomic mass is 9.86. The zero-order chi connectivity index (χ0) is 20.5. The first-order chi connectivity index (χ1) is 13.9. The summed E-state index contributed by atoms with van der Waals surface area (Å²) in [4.78, 5) is 11.5. The van der Waals surface area contributed by atoms with Gasteiger partial charge in [0, 0.05) is 0 Å². The number of benzene rings is 3. The molecule has 0 bridgehead atoms. The molecule has 0 unspecified atom stereocenters. The molecular weight excluding hydrogens is 360 g/mol. The maximum absolute atomic E-state index is 11.5. The van der Waals surface area contributed by atoms with E-state index in [0.29, 0.717) is 5.56 Å². The SMILES string of the molecule is Cc1ccc(C2=C(c3cccc(O)c3)c3ccc(C(=O)O)cc3CCC2)c(C)c1. The van der Waals surface area contributed by atoms with Crippen molar-refractivity contribution in [3.05, 3.63) is 99.6 Å². The van der Waals surface area contributed by atoms with Crippen molar-refractivity contribution in [1.82, 2.24) is 0 Å². The fraction of sp³-hybridized carbons (Fsp3) is 0.192. The molecule has 146 valence electrons. The second-order valence-electron chi connectivity index (χ2n) is 7.75. The van der Waals surface area contributed by atoms with Crippen LogP contribution in [0.2, 0.25) is 0 Å². The third-order valence-corrected chi connectivity index (χ3v) is 5.64. The van der Waals surface area contributed by atoms with E-state index in [-0.39, 0.29) is 5.75 Å². The first-order valence-corrected chi connectivity index (χ1v) is 9.91. The van der Waals surface area contributed by atoms with Crippen molar-refractivity contribution in [3.63, 3.8) is 0 Å². The summed E-state index contributed by atoms with van der Waals surface area (Å²) in [6.07, 6.45) is 2.67. The quantitative estimate of drug-likeness (QED) is 0.582. The third-order valence-electron chi connectivity index (χ3n) is 5.64. The lowest BCUT2D eigenvalue weighted by molar-refractivity contribution is 0.0696. The van der Waals surface area contributed by atoms with E-state index in [1.807, 2.05) is 18.2 Å². The topological polar surface area (TPSA) is 57.5 Å². The minimum absolute atomic E-state index is 0.225. The Bertz CT molecular complexity index is 1140. The molecule has 3 aromatic rings. The molecule has 0 saturated heterocycles. The zero-order valence-corrected chi connectivity index (χ0v) is 16.7. The van der Waals surface area contributed by atoms with Gasteiger partial charge in [0.05, 0.1) is 5.56 Å². The molecule has 1 aliphatic carbocycles. The Kier molecular flexibility index (Phi) is 4.98. The number of phenols is 1. The minimum Gasteiger partial charge on any atom is -0.508 e. The van der Waals surface area contributed by atoms with Gasteiger partial charge in [0.15, 0.2) is 0 Å². The average molecular weight is 384 g/mol. The van der Waals surface area contributed by atoms with Crippen molar-refractivity contribution in [3.8, 4) is 5.75 Å². The van der Waals surface area contributed by atoms with E-state index in [9.17, 15) is 15.0 Å². The number of fused-ring (bicyclic) bond motifs is 1. The largest absolute Gasteiger partial charge is 0.508 e. The molecule has 0 heterocycles. The van der Waals surface area contributed by atoms with Gasteiger partial charge in [-0.3, -0.25) is 0 Å². The van der Waals surface area contributed by atoms with E-state index in [2.05, 4.69) is 32.0 Å². The predicted molar refractivity (Wildman–Crippen MR) is 116 cm³/mol. The van der Waals surface area contributed by atoms with Crippen LogP contribution >= 0.6 is 0 Å². The molecule has 3 aromatic carbocycles. The number of hydrogen-bond acceptors (Lipinski definition) is 2. The molecule has 2 N–H and O–H groups in total. The number of carboxylic acid groups (broad SMARTS) is 1. The second-order valence-corrected chi connectivity index (χ2v) is 7.75. The van der Waals surface area contributed by atoms with Crippen LogP contribution in [0, 0.1) is 13.8 Å². The van der Waals surface area contributed by atoms with Gasteiger partial charge in [0.1, 0.15) is 5.75 Å². The number of aromatic carboxylic acids is 1. The maximum Gasteiger partial charge on any atom is 0.335 e. The first kappa shape index (κ1) is 19.0. The number of hydrogen-bond donors (Lipinski definition) is 2. The van der Waals surface area contributed by atoms with Crippen molar-refractivity contribution < 1.29 is 15.0 Å². The zero-order valence-electron chi connectivity index (χ0n) is 16.7. The molecule has 3 nitrogen and oxygen atoms in total. The predicted octanol–water partition coefficient (Wildman–Crippen LogP) is 6.00. The summed E-state index contributed by atoms with van der Waals surface area (Å²) in [5.41, 5.74) is 9.35. The summed E-state index contributed by atoms with van der Waals surface area (Å²) >= 11 is 0. The molecule has 0 amide bonds. The van der Waals surface area contributed by atoms with Crippen molar-refractivity contribution in [1.29, 1.82) is 0 Å². The lowest BCUT2D eigenvalue weighted by Gasteiger charge is -2.18. The van der Waals surface area contributed by atoms with Gasteiger partial charge < -0.3 is 10.2 Å². The van der Waals surface area contributed by atoms with E-state index in [4.69, 9.17) is 0 Å². The summed E-state index contributed by atoms with van der Waals surface area (Å²) in [5, 5.41) is 19.5. The fourth-order valence-corrected chi connectivity index (χ4v) is 4.33. The number of aryl methyl sites for hydroxylation is 3. The maximum atomic E-state index is 11.5. The molecule has 0 aliphatic heterocycles. The van der Waals surface area contributed by atoms with E-state index < -0.39 is 5.97 Å². The Morgan fingerprint density at radius 3 is 2.41 bits per heavy atom. The van der Waals surface area contributed by atoms with Crippen LogP contribution in [0.3, 0.4) is 0 Å². The van der Waals surface area contributed by atoms with Crippen LogP contribution < -0.4 is 0 Å². The smallest absolute Gasteiger partial charge is 0.335 e. The molecule has 4 rings (SSSR count). The molecular formula is C26H24O3. The highest BCUT2D eigenvalue weighted by atomic mass is 16.4. The van der Waals surface area contributed by atoms with Gasteiger partial charge in [-0.05, 0) is 96.3 Å². The van der Waals surface area contributed by atoms with Gasteiger partial charge in [0.2, 0.25) is 0 Å². The van der Waals surface area contributed by atoms with Gasteiger partial charge in [-0.1, -0.05) is 42.0 Å². The fourth-order valence-electron chi connectivity index (χ4n) is 4.33. The number of rotatable bonds is 3. The Balaban J connectivity index is 2.03. The van der Waals surface area contributed by atoms with Gasteiger partial charge >= 0.3 is 5.97 Å². The van der Waals surface area contributed by atoms with Crippen molar-refractivity contribution >= 4 is 17.1 Å². The van der Waals surface area contributed by atoms with Crippen LogP contribution in [0.4, 0.5) is 0 Å². The van der Waals surface area contributed by atoms with Crippen LogP contribution in [0.5, 0.6) is 5.75 Å². The minimum atomic E-state index is -0.908. The lowest BCUT2D eigenvalue weighted by Crippen LogP contribution is -2.01. The number of carboxylic acids is 1. The van der Waals surface area contributed by atoms with Crippen LogP contribution in [0.25, 0.3) is 11.1 Å². The number of carbonyl (C=O) groups is 1. The Morgan fingerprint density at radius 1 is 0.897 bits per heavy atom. The van der Waals surface area contributed by atoms with Gasteiger partial charge in [-0.2, -0.15) is 0 Å². The molecule has 0 spiro atoms. The van der Waals surface area contributed by atoms with E-state index in [0.717, 1.165) is 41.5 Å². The molecule has 0 aromatic heterocycles. The van der Waals surface area contributed by atoms with Crippen LogP contribution in [0.15, 0.2) is 60.7 Å². The van der Waals surface area contributed by atoms with E-state index in [1.165, 1.54) is 22.3 Å². The average Bonchev–Trinajstić information content (AvgIpc) is 2.86. The molecule has 29 heavy (non-hydrogen) atoms. The first-order valence-electron chi connectivity index (χ1n) is 9.91. The Hall–Kier alpha value is -3.33. The summed E-state index contributed by atoms with van der Waals surface area (Å²) in [6.45, 7) is 4.23. The molecule has 1 aliphatic rings. The summed E-state index contributed by atoms with van der Waals surface area (Å²) < 4.78 is 0. The third kappa shape index (κ3) is 3.68. The van der Waals surface area contributed by atoms with Crippen LogP contribution in [-0.4, -0.2) is 16.2 Å². The number of phenolic OH excluding ortho intramolecular Hbond substituents is 1. The highest BCUT2D eigenvalue weighted by molar-refractivity contribution is 6.01. The number of allylic oxidation sites excluding steroid dienone is 1. The molecule has 0 fully saturated rings. The van der Waals surface area contributed by atoms with E-state index in [1.54, 1.807) is 24.3 Å². The normalized spacial score (nSPS) is 13.7. The Morgan fingerprint density at radius 2 is 1.69 bits per heavy atom. The second kappa shape index (κ2) is 7.59. The molecule has 0 saturated carbocycles. The Labute approximate surface area is 171 Å². The van der Waals surface area contributed by atoms with Crippen molar-refractivity contribution in [2.45, 2.75) is 33.1 Å². The number of aromatic hydroxyl groups is 1. The van der Waals surface area contributed by atoms with Crippen LogP contribution in [-0.2, 0) is 6.42 Å². The highest BCUT2D eigenvalue weighted by Gasteiger charge is 2.22. The monoisotopic (exact) mass is 384 g/mol. The standard InChI is InChI=1S/C26H24O3/c1-16-9-11-22(17(2)13-16)24-8-4-5-18-14-20(26(28)29)10-12-23(18)25(24)19-6-3-7-21(27)15-19/h3,6-7,9-15,27H,4-5,8H2,1-2H3,(H,28,29). The van der Waals surface area contributed by atoms with Crippen LogP contribution in [0.1, 0.15) is 56.6 Å². The van der Waals surface area contributed by atoms with Gasteiger partial charge in [0.25, 0.3) is 0 Å². The van der Waals surface area contributed by atoms with Crippen molar-refractivity contribution in [2.24, 2.45) is 0 Å². The summed E-state index contributed by atoms with van der Waals surface area (Å²) in [6, 6.07) is 19.2. The molecule has 0 radical (unpaired) electrons.